The standard InChI is InChI=1S/C27H35N/c1-13-14(2)18(6)24(19(7)15(13)3)22(10)25-23(11)28(12)27-21(9)17(5)16(4)20(8)26(25)27/h11H2,1-10,12H3/b25-22+. The highest BCUT2D eigenvalue weighted by Crippen LogP contribution is 2.31. The minimum Gasteiger partial charge on any atom is -0.344 e. The number of aryl methyl sites for hydroxylation is 3. The summed E-state index contributed by atoms with van der Waals surface area (Å²) < 4.78 is 2.29. The molecule has 0 amide bonds. The molecule has 0 aliphatic rings. The highest BCUT2D eigenvalue weighted by atomic mass is 14.9. The molecule has 1 nitrogen and oxygen atoms in total. The highest BCUT2D eigenvalue weighted by molar-refractivity contribution is 5.92. The first-order valence-corrected chi connectivity index (χ1v) is 10.2. The van der Waals surface area contributed by atoms with Crippen molar-refractivity contribution >= 4 is 23.1 Å². The lowest BCUT2D eigenvalue weighted by Crippen LogP contribution is -2.28. The van der Waals surface area contributed by atoms with Gasteiger partial charge in [-0.3, -0.25) is 0 Å². The maximum absolute atomic E-state index is 4.51. The van der Waals surface area contributed by atoms with Crippen molar-refractivity contribution in [3.63, 3.8) is 0 Å². The lowest BCUT2D eigenvalue weighted by Gasteiger charge is -2.19. The molecule has 0 saturated heterocycles. The van der Waals surface area contributed by atoms with Crippen LogP contribution >= 0.6 is 0 Å². The summed E-state index contributed by atoms with van der Waals surface area (Å²) in [5.74, 6) is 0. The van der Waals surface area contributed by atoms with Crippen LogP contribution < -0.4 is 10.6 Å². The number of hydrogen-bond acceptors (Lipinski definition) is 0. The van der Waals surface area contributed by atoms with E-state index in [1.807, 2.05) is 0 Å². The van der Waals surface area contributed by atoms with Crippen molar-refractivity contribution in [1.82, 2.24) is 4.57 Å². The predicted molar refractivity (Wildman–Crippen MR) is 125 cm³/mol. The summed E-state index contributed by atoms with van der Waals surface area (Å²) in [6, 6.07) is 0. The van der Waals surface area contributed by atoms with E-state index in [1.54, 1.807) is 0 Å². The molecule has 28 heavy (non-hydrogen) atoms. The van der Waals surface area contributed by atoms with Crippen molar-refractivity contribution in [1.29, 1.82) is 0 Å². The summed E-state index contributed by atoms with van der Waals surface area (Å²) in [5.41, 5.74) is 16.6. The zero-order valence-corrected chi connectivity index (χ0v) is 19.7. The first-order chi connectivity index (χ1) is 12.9. The van der Waals surface area contributed by atoms with Crippen LogP contribution in [0.25, 0.3) is 23.1 Å². The van der Waals surface area contributed by atoms with Crippen molar-refractivity contribution in [2.45, 2.75) is 69.2 Å². The Hall–Kier alpha value is -2.28. The molecule has 3 rings (SSSR count). The molecule has 0 saturated carbocycles. The van der Waals surface area contributed by atoms with Crippen LogP contribution in [-0.2, 0) is 7.05 Å². The third kappa shape index (κ3) is 2.52. The van der Waals surface area contributed by atoms with Crippen LogP contribution in [0.5, 0.6) is 0 Å². The second-order valence-electron chi connectivity index (χ2n) is 8.73. The van der Waals surface area contributed by atoms with Gasteiger partial charge in [0.2, 0.25) is 0 Å². The van der Waals surface area contributed by atoms with Gasteiger partial charge in [-0.15, -0.1) is 0 Å². The maximum atomic E-state index is 4.51. The summed E-state index contributed by atoms with van der Waals surface area (Å²) in [6.07, 6.45) is 0. The zero-order valence-electron chi connectivity index (χ0n) is 19.7. The van der Waals surface area contributed by atoms with Crippen molar-refractivity contribution in [3.8, 4) is 0 Å². The van der Waals surface area contributed by atoms with Gasteiger partial charge in [0.05, 0.1) is 5.52 Å². The van der Waals surface area contributed by atoms with Crippen LogP contribution in [0.15, 0.2) is 0 Å². The van der Waals surface area contributed by atoms with Crippen molar-refractivity contribution in [2.24, 2.45) is 7.05 Å². The van der Waals surface area contributed by atoms with E-state index in [4.69, 9.17) is 0 Å². The number of hydrogen-bond donors (Lipinski definition) is 0. The quantitative estimate of drug-likeness (QED) is 0.524. The Morgan fingerprint density at radius 2 is 1.00 bits per heavy atom. The molecule has 3 aromatic rings. The topological polar surface area (TPSA) is 4.93 Å². The van der Waals surface area contributed by atoms with Crippen LogP contribution in [0, 0.1) is 62.3 Å². The Bertz CT molecular complexity index is 1230. The molecular formula is C27H35N. The largest absolute Gasteiger partial charge is 0.344 e. The second kappa shape index (κ2) is 6.65. The van der Waals surface area contributed by atoms with Gasteiger partial charge in [-0.25, -0.2) is 0 Å². The predicted octanol–water partition coefficient (Wildman–Crippen LogP) is 5.58. The summed E-state index contributed by atoms with van der Waals surface area (Å²) in [4.78, 5) is 0. The number of aromatic nitrogens is 1. The van der Waals surface area contributed by atoms with E-state index in [0.29, 0.717) is 0 Å². The fourth-order valence-electron chi connectivity index (χ4n) is 5.06. The second-order valence-corrected chi connectivity index (χ2v) is 8.73. The van der Waals surface area contributed by atoms with Gasteiger partial charge < -0.3 is 4.57 Å². The van der Waals surface area contributed by atoms with E-state index < -0.39 is 0 Å². The highest BCUT2D eigenvalue weighted by Gasteiger charge is 2.19. The lowest BCUT2D eigenvalue weighted by atomic mass is 9.85. The summed E-state index contributed by atoms with van der Waals surface area (Å²) >= 11 is 0. The number of rotatable bonds is 1. The minimum atomic E-state index is 1.11. The Morgan fingerprint density at radius 1 is 0.607 bits per heavy atom. The van der Waals surface area contributed by atoms with Crippen LogP contribution in [0.1, 0.15) is 62.6 Å². The molecule has 0 aliphatic heterocycles. The number of nitrogens with zero attached hydrogens (tertiary/aromatic N) is 1. The molecule has 1 heterocycles. The van der Waals surface area contributed by atoms with Gasteiger partial charge in [0.25, 0.3) is 0 Å². The lowest BCUT2D eigenvalue weighted by molar-refractivity contribution is 0.921. The Balaban J connectivity index is 2.69. The summed E-state index contributed by atoms with van der Waals surface area (Å²) in [5, 5.41) is 3.80. The molecule has 148 valence electrons. The first kappa shape index (κ1) is 20.5. The fraction of sp³-hybridized carbons (Fsp3) is 0.407. The Morgan fingerprint density at radius 3 is 1.50 bits per heavy atom. The average molecular weight is 374 g/mol. The smallest absolute Gasteiger partial charge is 0.0523 e. The molecule has 0 N–H and O–H groups in total. The average Bonchev–Trinajstić information content (AvgIpc) is 2.92. The molecule has 0 bridgehead atoms. The van der Waals surface area contributed by atoms with Gasteiger partial charge >= 0.3 is 0 Å². The van der Waals surface area contributed by atoms with Crippen molar-refractivity contribution in [3.05, 3.63) is 66.2 Å². The maximum Gasteiger partial charge on any atom is 0.0523 e. The van der Waals surface area contributed by atoms with Crippen LogP contribution in [0.4, 0.5) is 0 Å². The molecule has 1 aromatic heterocycles. The molecule has 2 aromatic carbocycles. The molecule has 0 atom stereocenters. The van der Waals surface area contributed by atoms with Gasteiger partial charge in [0.15, 0.2) is 0 Å². The van der Waals surface area contributed by atoms with Gasteiger partial charge in [0, 0.05) is 23.0 Å². The molecule has 0 fully saturated rings. The molecule has 0 radical (unpaired) electrons. The molecule has 0 spiro atoms. The SMILES string of the molecule is C=c1/c(=C(/C)c2c(C)c(C)c(C)c(C)c2C)c2c(C)c(C)c(C)c(C)c2n1C. The van der Waals surface area contributed by atoms with Gasteiger partial charge in [-0.05, 0) is 130 Å². The van der Waals surface area contributed by atoms with Crippen molar-refractivity contribution < 1.29 is 0 Å². The van der Waals surface area contributed by atoms with Gasteiger partial charge in [0.1, 0.15) is 0 Å². The molecular weight excluding hydrogens is 338 g/mol. The van der Waals surface area contributed by atoms with E-state index in [9.17, 15) is 0 Å². The van der Waals surface area contributed by atoms with Crippen LogP contribution in [0.3, 0.4) is 0 Å². The zero-order chi connectivity index (χ0) is 21.2. The Kier molecular flexibility index (Phi) is 4.86. The van der Waals surface area contributed by atoms with E-state index in [0.717, 1.165) is 5.35 Å². The van der Waals surface area contributed by atoms with E-state index in [2.05, 4.69) is 87.4 Å². The van der Waals surface area contributed by atoms with Gasteiger partial charge in [-0.1, -0.05) is 6.58 Å². The molecule has 1 heteroatoms. The first-order valence-electron chi connectivity index (χ1n) is 10.2. The van der Waals surface area contributed by atoms with Gasteiger partial charge in [-0.2, -0.15) is 0 Å². The summed E-state index contributed by atoms with van der Waals surface area (Å²) in [6.45, 7) is 27.1. The number of benzene rings is 2. The van der Waals surface area contributed by atoms with Crippen LogP contribution in [0.2, 0.25) is 0 Å². The normalized spacial score (nSPS) is 12.8. The van der Waals surface area contributed by atoms with Crippen molar-refractivity contribution in [2.75, 3.05) is 0 Å². The molecule has 0 aliphatic carbocycles. The Labute approximate surface area is 170 Å². The molecule has 0 unspecified atom stereocenters. The van der Waals surface area contributed by atoms with E-state index >= 15 is 0 Å². The summed E-state index contributed by atoms with van der Waals surface area (Å²) in [7, 11) is 2.16. The van der Waals surface area contributed by atoms with Crippen LogP contribution in [-0.4, -0.2) is 4.57 Å². The third-order valence-corrected chi connectivity index (χ3v) is 7.68. The van der Waals surface area contributed by atoms with E-state index in [1.165, 1.54) is 77.3 Å². The van der Waals surface area contributed by atoms with E-state index in [-0.39, 0.29) is 0 Å². The fourth-order valence-corrected chi connectivity index (χ4v) is 5.06. The monoisotopic (exact) mass is 373 g/mol. The number of fused-ring (bicyclic) bond motifs is 1. The third-order valence-electron chi connectivity index (χ3n) is 7.68. The minimum absolute atomic E-state index is 1.11.